The highest BCUT2D eigenvalue weighted by molar-refractivity contribution is 8.00. The lowest BCUT2D eigenvalue weighted by molar-refractivity contribution is -0.123. The van der Waals surface area contributed by atoms with Crippen LogP contribution in [0.4, 0.5) is 5.69 Å². The molecule has 1 aromatic rings. The smallest absolute Gasteiger partial charge is 0.229 e. The topological polar surface area (TPSA) is 32.3 Å². The van der Waals surface area contributed by atoms with Crippen LogP contribution in [-0.4, -0.2) is 35.2 Å². The first-order valence-electron chi connectivity index (χ1n) is 8.63. The van der Waals surface area contributed by atoms with E-state index in [0.29, 0.717) is 0 Å². The minimum absolute atomic E-state index is 0.0600. The van der Waals surface area contributed by atoms with Gasteiger partial charge in [0.25, 0.3) is 0 Å². The van der Waals surface area contributed by atoms with E-state index in [-0.39, 0.29) is 11.3 Å². The van der Waals surface area contributed by atoms with Gasteiger partial charge in [0.2, 0.25) is 5.91 Å². The first kappa shape index (κ1) is 16.8. The summed E-state index contributed by atoms with van der Waals surface area (Å²) in [6.07, 6.45) is 5.35. The Balaban J connectivity index is 1.57. The first-order valence-corrected chi connectivity index (χ1v) is 9.51. The molecule has 1 amide bonds. The highest BCUT2D eigenvalue weighted by Crippen LogP contribution is 2.41. The molecule has 2 saturated heterocycles. The van der Waals surface area contributed by atoms with Crippen molar-refractivity contribution >= 4 is 23.4 Å². The Morgan fingerprint density at radius 2 is 1.70 bits per heavy atom. The number of amides is 1. The van der Waals surface area contributed by atoms with Crippen molar-refractivity contribution in [2.45, 2.75) is 68.7 Å². The van der Waals surface area contributed by atoms with Crippen LogP contribution in [-0.2, 0) is 4.79 Å². The maximum absolute atomic E-state index is 12.0. The summed E-state index contributed by atoms with van der Waals surface area (Å²) in [5.74, 6) is 0.0600. The summed E-state index contributed by atoms with van der Waals surface area (Å²) >= 11 is 2.01. The summed E-state index contributed by atoms with van der Waals surface area (Å²) in [6.45, 7) is 5.79. The highest BCUT2D eigenvalue weighted by Gasteiger charge is 2.38. The van der Waals surface area contributed by atoms with E-state index >= 15 is 0 Å². The van der Waals surface area contributed by atoms with Crippen molar-refractivity contribution < 1.29 is 4.79 Å². The molecule has 23 heavy (non-hydrogen) atoms. The van der Waals surface area contributed by atoms with E-state index in [2.05, 4.69) is 29.4 Å². The van der Waals surface area contributed by atoms with E-state index in [9.17, 15) is 4.79 Å². The van der Waals surface area contributed by atoms with Crippen LogP contribution < -0.4 is 5.32 Å². The van der Waals surface area contributed by atoms with Gasteiger partial charge < -0.3 is 10.2 Å². The first-order chi connectivity index (χ1) is 10.8. The number of carbonyl (C=O) groups is 1. The van der Waals surface area contributed by atoms with Crippen molar-refractivity contribution in [3.05, 3.63) is 24.3 Å². The van der Waals surface area contributed by atoms with Gasteiger partial charge in [-0.2, -0.15) is 0 Å². The van der Waals surface area contributed by atoms with Gasteiger partial charge >= 0.3 is 0 Å². The van der Waals surface area contributed by atoms with E-state index in [1.165, 1.54) is 30.6 Å². The van der Waals surface area contributed by atoms with Crippen LogP contribution in [0.15, 0.2) is 29.2 Å². The van der Waals surface area contributed by atoms with Crippen molar-refractivity contribution in [3.63, 3.8) is 0 Å². The Labute approximate surface area is 144 Å². The van der Waals surface area contributed by atoms with E-state index in [0.717, 1.165) is 23.0 Å². The molecule has 3 rings (SSSR count). The third-order valence-corrected chi connectivity index (χ3v) is 6.41. The van der Waals surface area contributed by atoms with Gasteiger partial charge in [-0.25, -0.2) is 0 Å². The Morgan fingerprint density at radius 3 is 2.22 bits per heavy atom. The van der Waals surface area contributed by atoms with Crippen LogP contribution in [0.25, 0.3) is 0 Å². The van der Waals surface area contributed by atoms with Crippen LogP contribution in [0, 0.1) is 5.41 Å². The normalized spacial score (nSPS) is 27.9. The Bertz CT molecular complexity index is 550. The van der Waals surface area contributed by atoms with Crippen molar-refractivity contribution in [1.29, 1.82) is 0 Å². The molecule has 126 valence electrons. The largest absolute Gasteiger partial charge is 0.326 e. The van der Waals surface area contributed by atoms with Crippen LogP contribution in [0.3, 0.4) is 0 Å². The fourth-order valence-electron chi connectivity index (χ4n) is 3.59. The van der Waals surface area contributed by atoms with Crippen molar-refractivity contribution in [2.24, 2.45) is 5.41 Å². The zero-order valence-corrected chi connectivity index (χ0v) is 15.5. The summed E-state index contributed by atoms with van der Waals surface area (Å²) in [4.78, 5) is 15.9. The van der Waals surface area contributed by atoms with Crippen molar-refractivity contribution in [2.75, 3.05) is 12.4 Å². The fourth-order valence-corrected chi connectivity index (χ4v) is 4.90. The Morgan fingerprint density at radius 1 is 1.13 bits per heavy atom. The summed E-state index contributed by atoms with van der Waals surface area (Å²) in [5.41, 5.74) is 0.526. The van der Waals surface area contributed by atoms with Gasteiger partial charge in [0.05, 0.1) is 0 Å². The number of fused-ring (bicyclic) bond motifs is 2. The molecule has 1 N–H and O–H groups in total. The molecular formula is C19H28N2OS. The lowest BCUT2D eigenvalue weighted by Crippen LogP contribution is -2.40. The monoisotopic (exact) mass is 332 g/mol. The van der Waals surface area contributed by atoms with Crippen molar-refractivity contribution in [3.8, 4) is 0 Å². The SMILES string of the molecule is CN1C2CCC1CC(Sc1ccc(NC(=O)C(C)(C)C)cc1)C2. The molecule has 2 aliphatic rings. The number of piperidine rings is 1. The molecule has 0 radical (unpaired) electrons. The maximum Gasteiger partial charge on any atom is 0.229 e. The number of nitrogens with one attached hydrogen (secondary N) is 1. The second kappa shape index (κ2) is 6.48. The molecule has 4 heteroatoms. The molecule has 3 nitrogen and oxygen atoms in total. The van der Waals surface area contributed by atoms with Gasteiger partial charge in [-0.05, 0) is 57.0 Å². The van der Waals surface area contributed by atoms with Crippen LogP contribution in [0.2, 0.25) is 0 Å². The van der Waals surface area contributed by atoms with Gasteiger partial charge in [-0.1, -0.05) is 20.8 Å². The maximum atomic E-state index is 12.0. The standard InChI is InChI=1S/C19H28N2OS/c1-19(2,3)18(22)20-13-5-9-16(10-6-13)23-17-11-14-7-8-15(12-17)21(14)4/h5-6,9-10,14-15,17H,7-8,11-12H2,1-4H3,(H,20,22). The number of thioether (sulfide) groups is 1. The van der Waals surface area contributed by atoms with Crippen LogP contribution >= 0.6 is 11.8 Å². The van der Waals surface area contributed by atoms with E-state index < -0.39 is 0 Å². The predicted octanol–water partition coefficient (Wildman–Crippen LogP) is 4.39. The highest BCUT2D eigenvalue weighted by atomic mass is 32.2. The number of nitrogens with zero attached hydrogens (tertiary/aromatic N) is 1. The van der Waals surface area contributed by atoms with Gasteiger partial charge in [0.15, 0.2) is 0 Å². The molecule has 0 aromatic heterocycles. The van der Waals surface area contributed by atoms with E-state index in [1.807, 2.05) is 44.7 Å². The number of rotatable bonds is 3. The van der Waals surface area contributed by atoms with E-state index in [4.69, 9.17) is 0 Å². The molecular weight excluding hydrogens is 304 g/mol. The number of anilines is 1. The third-order valence-electron chi connectivity index (χ3n) is 5.15. The number of hydrogen-bond acceptors (Lipinski definition) is 3. The number of benzene rings is 1. The average molecular weight is 333 g/mol. The molecule has 2 fully saturated rings. The summed E-state index contributed by atoms with van der Waals surface area (Å²) in [7, 11) is 2.29. The average Bonchev–Trinajstić information content (AvgIpc) is 2.71. The molecule has 1 aromatic carbocycles. The molecule has 2 aliphatic heterocycles. The summed E-state index contributed by atoms with van der Waals surface area (Å²) in [6, 6.07) is 9.91. The molecule has 0 saturated carbocycles. The second-order valence-electron chi connectivity index (χ2n) is 7.99. The Kier molecular flexibility index (Phi) is 4.75. The van der Waals surface area contributed by atoms with Gasteiger partial charge in [-0.15, -0.1) is 11.8 Å². The molecule has 2 heterocycles. The van der Waals surface area contributed by atoms with Crippen LogP contribution in [0.1, 0.15) is 46.5 Å². The number of hydrogen-bond donors (Lipinski definition) is 1. The van der Waals surface area contributed by atoms with Crippen molar-refractivity contribution in [1.82, 2.24) is 4.90 Å². The molecule has 0 spiro atoms. The fraction of sp³-hybridized carbons (Fsp3) is 0.632. The zero-order valence-electron chi connectivity index (χ0n) is 14.6. The van der Waals surface area contributed by atoms with Gasteiger partial charge in [-0.3, -0.25) is 4.79 Å². The molecule has 0 aliphatic carbocycles. The predicted molar refractivity (Wildman–Crippen MR) is 98.0 cm³/mol. The van der Waals surface area contributed by atoms with Gasteiger partial charge in [0.1, 0.15) is 0 Å². The second-order valence-corrected chi connectivity index (χ2v) is 9.36. The lowest BCUT2D eigenvalue weighted by atomic mass is 9.95. The third kappa shape index (κ3) is 3.92. The quantitative estimate of drug-likeness (QED) is 0.891. The molecule has 2 unspecified atom stereocenters. The lowest BCUT2D eigenvalue weighted by Gasteiger charge is -2.36. The minimum atomic E-state index is -0.360. The minimum Gasteiger partial charge on any atom is -0.326 e. The summed E-state index contributed by atoms with van der Waals surface area (Å²) in [5, 5.41) is 3.72. The Hall–Kier alpha value is -1.00. The summed E-state index contributed by atoms with van der Waals surface area (Å²) < 4.78 is 0. The van der Waals surface area contributed by atoms with E-state index in [1.54, 1.807) is 0 Å². The zero-order chi connectivity index (χ0) is 16.6. The van der Waals surface area contributed by atoms with Crippen LogP contribution in [0.5, 0.6) is 0 Å². The molecule has 2 bridgehead atoms. The number of carbonyl (C=O) groups excluding carboxylic acids is 1. The molecule has 2 atom stereocenters. The van der Waals surface area contributed by atoms with Gasteiger partial charge in [0, 0.05) is 33.3 Å².